The minimum absolute atomic E-state index is 0.125. The summed E-state index contributed by atoms with van der Waals surface area (Å²) in [7, 11) is 0. The predicted molar refractivity (Wildman–Crippen MR) is 66.5 cm³/mol. The van der Waals surface area contributed by atoms with E-state index in [1.165, 1.54) is 0 Å². The number of rotatable bonds is 2. The Balaban J connectivity index is 2.57. The molecule has 1 aliphatic rings. The van der Waals surface area contributed by atoms with Crippen LogP contribution in [-0.2, 0) is 0 Å². The lowest BCUT2D eigenvalue weighted by molar-refractivity contribution is 0.388. The van der Waals surface area contributed by atoms with Crippen molar-refractivity contribution in [2.75, 3.05) is 0 Å². The molecule has 17 heavy (non-hydrogen) atoms. The van der Waals surface area contributed by atoms with Gasteiger partial charge in [-0.1, -0.05) is 17.7 Å². The standard InChI is InChI=1S/C13H11ClN2O/c1-2-3-9-10-6-8(14)4-5-12(10)17-13(16)11(9)7-15/h2,4-6,9H,1,3,16H2. The average Bonchev–Trinajstić information content (AvgIpc) is 2.30. The molecule has 1 unspecified atom stereocenters. The molecule has 0 saturated heterocycles. The molecule has 2 N–H and O–H groups in total. The normalized spacial score (nSPS) is 18.0. The van der Waals surface area contributed by atoms with Gasteiger partial charge >= 0.3 is 0 Å². The number of ether oxygens (including phenoxy) is 1. The first kappa shape index (κ1) is 11.6. The molecule has 86 valence electrons. The van der Waals surface area contributed by atoms with Gasteiger partial charge < -0.3 is 10.5 Å². The Hall–Kier alpha value is -1.92. The molecular weight excluding hydrogens is 236 g/mol. The number of halogens is 1. The second kappa shape index (κ2) is 4.52. The molecule has 0 bridgehead atoms. The summed E-state index contributed by atoms with van der Waals surface area (Å²) in [5, 5.41) is 9.73. The van der Waals surface area contributed by atoms with Crippen molar-refractivity contribution in [3.63, 3.8) is 0 Å². The lowest BCUT2D eigenvalue weighted by Crippen LogP contribution is -2.20. The molecule has 2 rings (SSSR count). The number of benzene rings is 1. The van der Waals surface area contributed by atoms with Crippen LogP contribution in [0.1, 0.15) is 17.9 Å². The second-order valence-corrected chi connectivity index (χ2v) is 4.19. The van der Waals surface area contributed by atoms with E-state index < -0.39 is 0 Å². The Morgan fingerprint density at radius 3 is 3.00 bits per heavy atom. The first-order valence-corrected chi connectivity index (χ1v) is 5.53. The van der Waals surface area contributed by atoms with Crippen LogP contribution in [0, 0.1) is 11.3 Å². The van der Waals surface area contributed by atoms with Crippen LogP contribution in [-0.4, -0.2) is 0 Å². The second-order valence-electron chi connectivity index (χ2n) is 3.75. The van der Waals surface area contributed by atoms with Crippen molar-refractivity contribution in [2.24, 2.45) is 5.73 Å². The van der Waals surface area contributed by atoms with Crippen molar-refractivity contribution >= 4 is 11.6 Å². The summed E-state index contributed by atoms with van der Waals surface area (Å²) in [6.45, 7) is 3.70. The molecule has 0 spiro atoms. The minimum atomic E-state index is -0.125. The first-order chi connectivity index (χ1) is 8.17. The van der Waals surface area contributed by atoms with Crippen LogP contribution in [0.5, 0.6) is 5.75 Å². The third-order valence-electron chi connectivity index (χ3n) is 2.70. The fourth-order valence-electron chi connectivity index (χ4n) is 1.93. The van der Waals surface area contributed by atoms with E-state index in [1.807, 2.05) is 0 Å². The molecule has 0 aliphatic carbocycles. The zero-order chi connectivity index (χ0) is 12.4. The highest BCUT2D eigenvalue weighted by Gasteiger charge is 2.28. The molecule has 0 aromatic heterocycles. The summed E-state index contributed by atoms with van der Waals surface area (Å²) in [6.07, 6.45) is 2.38. The summed E-state index contributed by atoms with van der Waals surface area (Å²) >= 11 is 5.96. The average molecular weight is 247 g/mol. The molecule has 3 nitrogen and oxygen atoms in total. The number of hydrogen-bond acceptors (Lipinski definition) is 3. The summed E-state index contributed by atoms with van der Waals surface area (Å²) in [6, 6.07) is 7.38. The topological polar surface area (TPSA) is 59.0 Å². The highest BCUT2D eigenvalue weighted by molar-refractivity contribution is 6.30. The molecule has 1 aromatic carbocycles. The summed E-state index contributed by atoms with van der Waals surface area (Å²) in [5.74, 6) is 0.687. The quantitative estimate of drug-likeness (QED) is 0.816. The minimum Gasteiger partial charge on any atom is -0.440 e. The molecule has 1 aromatic rings. The van der Waals surface area contributed by atoms with Gasteiger partial charge in [0.2, 0.25) is 5.88 Å². The third-order valence-corrected chi connectivity index (χ3v) is 2.94. The van der Waals surface area contributed by atoms with Crippen molar-refractivity contribution in [1.29, 1.82) is 5.26 Å². The fraction of sp³-hybridized carbons (Fsp3) is 0.154. The van der Waals surface area contributed by atoms with Gasteiger partial charge in [0.25, 0.3) is 0 Å². The Kier molecular flexibility index (Phi) is 3.08. The number of allylic oxidation sites excluding steroid dienone is 2. The molecule has 0 radical (unpaired) electrons. The van der Waals surface area contributed by atoms with Gasteiger partial charge in [-0.15, -0.1) is 6.58 Å². The van der Waals surface area contributed by atoms with Crippen molar-refractivity contribution in [2.45, 2.75) is 12.3 Å². The maximum absolute atomic E-state index is 9.12. The van der Waals surface area contributed by atoms with Crippen LogP contribution in [0.15, 0.2) is 42.3 Å². The van der Waals surface area contributed by atoms with E-state index >= 15 is 0 Å². The number of nitriles is 1. The van der Waals surface area contributed by atoms with Crippen molar-refractivity contribution in [1.82, 2.24) is 0 Å². The summed E-state index contributed by atoms with van der Waals surface area (Å²) in [4.78, 5) is 0. The van der Waals surface area contributed by atoms with Gasteiger partial charge in [0.15, 0.2) is 0 Å². The largest absolute Gasteiger partial charge is 0.440 e. The van der Waals surface area contributed by atoms with Gasteiger partial charge in [-0.2, -0.15) is 5.26 Å². The molecule has 0 saturated carbocycles. The molecule has 0 amide bonds. The number of hydrogen-bond donors (Lipinski definition) is 1. The van der Waals surface area contributed by atoms with E-state index in [0.29, 0.717) is 22.8 Å². The van der Waals surface area contributed by atoms with Gasteiger partial charge in [-0.05, 0) is 24.6 Å². The highest BCUT2D eigenvalue weighted by Crippen LogP contribution is 2.40. The Morgan fingerprint density at radius 1 is 1.59 bits per heavy atom. The first-order valence-electron chi connectivity index (χ1n) is 5.15. The predicted octanol–water partition coefficient (Wildman–Crippen LogP) is 3.09. The van der Waals surface area contributed by atoms with Crippen LogP contribution in [0.4, 0.5) is 0 Å². The smallest absolute Gasteiger partial charge is 0.205 e. The van der Waals surface area contributed by atoms with Crippen LogP contribution in [0.3, 0.4) is 0 Å². The molecule has 1 aliphatic heterocycles. The Labute approximate surface area is 105 Å². The van der Waals surface area contributed by atoms with Gasteiger partial charge in [-0.25, -0.2) is 0 Å². The maximum Gasteiger partial charge on any atom is 0.205 e. The molecule has 1 heterocycles. The van der Waals surface area contributed by atoms with Crippen LogP contribution >= 0.6 is 11.6 Å². The Morgan fingerprint density at radius 2 is 2.35 bits per heavy atom. The monoisotopic (exact) mass is 246 g/mol. The SMILES string of the molecule is C=CCC1C(C#N)=C(N)Oc2ccc(Cl)cc21. The lowest BCUT2D eigenvalue weighted by Gasteiger charge is -2.25. The van der Waals surface area contributed by atoms with Crippen LogP contribution in [0.2, 0.25) is 5.02 Å². The van der Waals surface area contributed by atoms with Crippen molar-refractivity contribution in [3.05, 3.63) is 52.9 Å². The number of nitrogens with zero attached hydrogens (tertiary/aromatic N) is 1. The number of fused-ring (bicyclic) bond motifs is 1. The van der Waals surface area contributed by atoms with E-state index in [9.17, 15) is 0 Å². The van der Waals surface area contributed by atoms with E-state index in [0.717, 1.165) is 5.56 Å². The number of nitrogens with two attached hydrogens (primary N) is 1. The Bertz CT molecular complexity index is 543. The zero-order valence-corrected chi connectivity index (χ0v) is 9.87. The van der Waals surface area contributed by atoms with Crippen molar-refractivity contribution < 1.29 is 4.74 Å². The van der Waals surface area contributed by atoms with E-state index in [1.54, 1.807) is 24.3 Å². The van der Waals surface area contributed by atoms with Crippen LogP contribution < -0.4 is 10.5 Å². The van der Waals surface area contributed by atoms with E-state index in [-0.39, 0.29) is 11.8 Å². The van der Waals surface area contributed by atoms with E-state index in [4.69, 9.17) is 27.3 Å². The van der Waals surface area contributed by atoms with Crippen LogP contribution in [0.25, 0.3) is 0 Å². The van der Waals surface area contributed by atoms with Crippen molar-refractivity contribution in [3.8, 4) is 11.8 Å². The van der Waals surface area contributed by atoms with Gasteiger partial charge in [0, 0.05) is 16.5 Å². The summed E-state index contributed by atoms with van der Waals surface area (Å²) in [5.41, 5.74) is 7.04. The van der Waals surface area contributed by atoms with Gasteiger partial charge in [0.1, 0.15) is 11.8 Å². The zero-order valence-electron chi connectivity index (χ0n) is 9.11. The highest BCUT2D eigenvalue weighted by atomic mass is 35.5. The molecular formula is C13H11ClN2O. The lowest BCUT2D eigenvalue weighted by atomic mass is 9.87. The summed E-state index contributed by atoms with van der Waals surface area (Å²) < 4.78 is 5.41. The molecule has 0 fully saturated rings. The molecule has 1 atom stereocenters. The van der Waals surface area contributed by atoms with E-state index in [2.05, 4.69) is 12.6 Å². The molecule has 4 heteroatoms. The third kappa shape index (κ3) is 2.00. The fourth-order valence-corrected chi connectivity index (χ4v) is 2.11. The maximum atomic E-state index is 9.12. The van der Waals surface area contributed by atoms with Gasteiger partial charge in [-0.3, -0.25) is 0 Å². The van der Waals surface area contributed by atoms with Gasteiger partial charge in [0.05, 0.1) is 5.57 Å².